The first-order chi connectivity index (χ1) is 13.7. The lowest BCUT2D eigenvalue weighted by Crippen LogP contribution is -2.20. The Kier molecular flexibility index (Phi) is 4.76. The van der Waals surface area contributed by atoms with Gasteiger partial charge >= 0.3 is 0 Å². The van der Waals surface area contributed by atoms with Gasteiger partial charge in [0.15, 0.2) is 5.65 Å². The number of carbonyl (C=O) groups is 1. The number of rotatable bonds is 5. The van der Waals surface area contributed by atoms with E-state index in [2.05, 4.69) is 27.5 Å². The average Bonchev–Trinajstić information content (AvgIpc) is 3.04. The van der Waals surface area contributed by atoms with Gasteiger partial charge in [0.25, 0.3) is 0 Å². The summed E-state index contributed by atoms with van der Waals surface area (Å²) < 4.78 is 6.93. The Labute approximate surface area is 162 Å². The van der Waals surface area contributed by atoms with Crippen LogP contribution in [0.15, 0.2) is 66.9 Å². The standard InChI is InChI=1S/C22H20N4O2/c1-15-21-17(16-8-4-3-5-9-16)12-13-23-22(21)26(25-15)14-20(27)24-18-10-6-7-11-19(18)28-2/h3-13H,14H2,1-2H3,(H,24,27). The zero-order chi connectivity index (χ0) is 19.5. The molecule has 2 aromatic carbocycles. The number of nitrogens with zero attached hydrogens (tertiary/aromatic N) is 3. The van der Waals surface area contributed by atoms with Crippen LogP contribution in [-0.2, 0) is 11.3 Å². The fraction of sp³-hybridized carbons (Fsp3) is 0.136. The van der Waals surface area contributed by atoms with E-state index in [9.17, 15) is 4.79 Å². The summed E-state index contributed by atoms with van der Waals surface area (Å²) in [6.07, 6.45) is 1.75. The first-order valence-corrected chi connectivity index (χ1v) is 8.98. The van der Waals surface area contributed by atoms with Crippen LogP contribution >= 0.6 is 0 Å². The fourth-order valence-electron chi connectivity index (χ4n) is 3.32. The van der Waals surface area contributed by atoms with Crippen molar-refractivity contribution < 1.29 is 9.53 Å². The highest BCUT2D eigenvalue weighted by molar-refractivity contribution is 5.96. The molecule has 28 heavy (non-hydrogen) atoms. The molecule has 2 aromatic heterocycles. The predicted octanol–water partition coefficient (Wildman–Crippen LogP) is 4.05. The highest BCUT2D eigenvalue weighted by Crippen LogP contribution is 2.29. The van der Waals surface area contributed by atoms with Crippen LogP contribution < -0.4 is 10.1 Å². The van der Waals surface area contributed by atoms with Gasteiger partial charge in [0.2, 0.25) is 5.91 Å². The molecule has 0 spiro atoms. The normalized spacial score (nSPS) is 10.8. The summed E-state index contributed by atoms with van der Waals surface area (Å²) in [5.74, 6) is 0.419. The monoisotopic (exact) mass is 372 g/mol. The lowest BCUT2D eigenvalue weighted by Gasteiger charge is -2.10. The number of ether oxygens (including phenoxy) is 1. The maximum Gasteiger partial charge on any atom is 0.246 e. The molecule has 6 heteroatoms. The number of anilines is 1. The maximum atomic E-state index is 12.6. The SMILES string of the molecule is COc1ccccc1NC(=O)Cn1nc(C)c2c(-c3ccccc3)ccnc21. The van der Waals surface area contributed by atoms with E-state index in [0.717, 1.165) is 22.2 Å². The van der Waals surface area contributed by atoms with E-state index in [1.165, 1.54) is 0 Å². The Morgan fingerprint density at radius 3 is 2.61 bits per heavy atom. The number of nitrogens with one attached hydrogen (secondary N) is 1. The first-order valence-electron chi connectivity index (χ1n) is 8.98. The molecule has 1 N–H and O–H groups in total. The Morgan fingerprint density at radius 2 is 1.82 bits per heavy atom. The molecule has 4 rings (SSSR count). The number of pyridine rings is 1. The predicted molar refractivity (Wildman–Crippen MR) is 109 cm³/mol. The zero-order valence-electron chi connectivity index (χ0n) is 15.7. The minimum Gasteiger partial charge on any atom is -0.495 e. The van der Waals surface area contributed by atoms with Gasteiger partial charge in [-0.3, -0.25) is 4.79 Å². The quantitative estimate of drug-likeness (QED) is 0.574. The van der Waals surface area contributed by atoms with Crippen molar-refractivity contribution in [3.05, 3.63) is 72.6 Å². The Balaban J connectivity index is 1.66. The van der Waals surface area contributed by atoms with Gasteiger partial charge in [0.05, 0.1) is 18.5 Å². The van der Waals surface area contributed by atoms with Crippen LogP contribution in [0.2, 0.25) is 0 Å². The number of fused-ring (bicyclic) bond motifs is 1. The van der Waals surface area contributed by atoms with Gasteiger partial charge in [0.1, 0.15) is 12.3 Å². The zero-order valence-corrected chi connectivity index (χ0v) is 15.7. The molecule has 0 aliphatic heterocycles. The number of aromatic nitrogens is 3. The van der Waals surface area contributed by atoms with E-state index in [1.54, 1.807) is 30.1 Å². The molecule has 6 nitrogen and oxygen atoms in total. The number of benzene rings is 2. The lowest BCUT2D eigenvalue weighted by atomic mass is 10.0. The summed E-state index contributed by atoms with van der Waals surface area (Å²) in [5.41, 5.74) is 4.30. The molecule has 0 radical (unpaired) electrons. The number of hydrogen-bond donors (Lipinski definition) is 1. The number of methoxy groups -OCH3 is 1. The second-order valence-electron chi connectivity index (χ2n) is 6.41. The summed E-state index contributed by atoms with van der Waals surface area (Å²) in [4.78, 5) is 17.1. The number of amides is 1. The van der Waals surface area contributed by atoms with Crippen LogP contribution in [0.1, 0.15) is 5.69 Å². The molecule has 2 heterocycles. The van der Waals surface area contributed by atoms with Crippen molar-refractivity contribution in [3.63, 3.8) is 0 Å². The van der Waals surface area contributed by atoms with Crippen LogP contribution in [0.3, 0.4) is 0 Å². The summed E-state index contributed by atoms with van der Waals surface area (Å²) >= 11 is 0. The van der Waals surface area contributed by atoms with Crippen molar-refractivity contribution in [1.82, 2.24) is 14.8 Å². The van der Waals surface area contributed by atoms with Crippen molar-refractivity contribution in [1.29, 1.82) is 0 Å². The number of aryl methyl sites for hydroxylation is 1. The van der Waals surface area contributed by atoms with Crippen LogP contribution in [-0.4, -0.2) is 27.8 Å². The molecular weight excluding hydrogens is 352 g/mol. The minimum atomic E-state index is -0.194. The second kappa shape index (κ2) is 7.52. The molecule has 0 bridgehead atoms. The van der Waals surface area contributed by atoms with E-state index in [1.807, 2.05) is 43.3 Å². The summed E-state index contributed by atoms with van der Waals surface area (Å²) in [6, 6.07) is 19.4. The molecule has 0 saturated carbocycles. The topological polar surface area (TPSA) is 69.0 Å². The summed E-state index contributed by atoms with van der Waals surface area (Å²) in [6.45, 7) is 2.00. The number of hydrogen-bond acceptors (Lipinski definition) is 4. The van der Waals surface area contributed by atoms with Gasteiger partial charge in [-0.1, -0.05) is 42.5 Å². The molecule has 1 amide bonds. The molecular formula is C22H20N4O2. The van der Waals surface area contributed by atoms with Gasteiger partial charge in [0, 0.05) is 11.6 Å². The van der Waals surface area contributed by atoms with Gasteiger partial charge in [-0.05, 0) is 36.2 Å². The molecule has 0 atom stereocenters. The summed E-state index contributed by atoms with van der Waals surface area (Å²) in [5, 5.41) is 8.40. The fourth-order valence-corrected chi connectivity index (χ4v) is 3.32. The first kappa shape index (κ1) is 17.7. The van der Waals surface area contributed by atoms with Gasteiger partial charge in [-0.25, -0.2) is 9.67 Å². The van der Waals surface area contributed by atoms with E-state index in [0.29, 0.717) is 17.1 Å². The molecule has 0 aliphatic carbocycles. The van der Waals surface area contributed by atoms with E-state index in [-0.39, 0.29) is 12.5 Å². The lowest BCUT2D eigenvalue weighted by molar-refractivity contribution is -0.116. The third-order valence-corrected chi connectivity index (χ3v) is 4.57. The summed E-state index contributed by atoms with van der Waals surface area (Å²) in [7, 11) is 1.57. The van der Waals surface area contributed by atoms with Crippen molar-refractivity contribution in [2.75, 3.05) is 12.4 Å². The second-order valence-corrected chi connectivity index (χ2v) is 6.41. The highest BCUT2D eigenvalue weighted by Gasteiger charge is 2.16. The Morgan fingerprint density at radius 1 is 1.07 bits per heavy atom. The average molecular weight is 372 g/mol. The Bertz CT molecular complexity index is 1140. The smallest absolute Gasteiger partial charge is 0.246 e. The minimum absolute atomic E-state index is 0.0631. The van der Waals surface area contributed by atoms with Gasteiger partial charge in [-0.15, -0.1) is 0 Å². The van der Waals surface area contributed by atoms with Crippen LogP contribution in [0.5, 0.6) is 5.75 Å². The highest BCUT2D eigenvalue weighted by atomic mass is 16.5. The van der Waals surface area contributed by atoms with Crippen LogP contribution in [0.4, 0.5) is 5.69 Å². The van der Waals surface area contributed by atoms with E-state index >= 15 is 0 Å². The van der Waals surface area contributed by atoms with Crippen molar-refractivity contribution in [2.24, 2.45) is 0 Å². The molecule has 4 aromatic rings. The number of para-hydroxylation sites is 2. The van der Waals surface area contributed by atoms with Gasteiger partial charge in [-0.2, -0.15) is 5.10 Å². The molecule has 140 valence electrons. The van der Waals surface area contributed by atoms with E-state index in [4.69, 9.17) is 4.74 Å². The molecule has 0 saturated heterocycles. The third kappa shape index (κ3) is 3.32. The molecule has 0 fully saturated rings. The largest absolute Gasteiger partial charge is 0.495 e. The van der Waals surface area contributed by atoms with Crippen LogP contribution in [0, 0.1) is 6.92 Å². The van der Waals surface area contributed by atoms with Crippen molar-refractivity contribution >= 4 is 22.6 Å². The van der Waals surface area contributed by atoms with Crippen molar-refractivity contribution in [3.8, 4) is 16.9 Å². The van der Waals surface area contributed by atoms with Crippen molar-refractivity contribution in [2.45, 2.75) is 13.5 Å². The third-order valence-electron chi connectivity index (χ3n) is 4.57. The van der Waals surface area contributed by atoms with Gasteiger partial charge < -0.3 is 10.1 Å². The number of carbonyl (C=O) groups excluding carboxylic acids is 1. The molecule has 0 unspecified atom stereocenters. The van der Waals surface area contributed by atoms with Crippen LogP contribution in [0.25, 0.3) is 22.2 Å². The van der Waals surface area contributed by atoms with E-state index < -0.39 is 0 Å². The maximum absolute atomic E-state index is 12.6. The Hall–Kier alpha value is -3.67. The molecule has 0 aliphatic rings.